The van der Waals surface area contributed by atoms with Gasteiger partial charge in [-0.15, -0.1) is 0 Å². The number of aliphatic carboxylic acids is 1. The summed E-state index contributed by atoms with van der Waals surface area (Å²) in [6, 6.07) is -0.740. The Hall–Kier alpha value is -1.10. The lowest BCUT2D eigenvalue weighted by Crippen LogP contribution is -2.37. The van der Waals surface area contributed by atoms with Crippen molar-refractivity contribution in [2.45, 2.75) is 6.04 Å². The Morgan fingerprint density at radius 3 is 2.92 bits per heavy atom. The van der Waals surface area contributed by atoms with Crippen LogP contribution in [-0.4, -0.2) is 55.2 Å². The molecule has 0 aromatic carbocycles. The standard InChI is InChI=1S/C7H12N2O3/c1-9(2)6-4-12-3-5(8-6)7(10)11/h5H,3-4H2,1-2H3,(H,10,11). The molecule has 0 aliphatic carbocycles. The van der Waals surface area contributed by atoms with Crippen molar-refractivity contribution in [1.29, 1.82) is 0 Å². The summed E-state index contributed by atoms with van der Waals surface area (Å²) in [5, 5.41) is 8.63. The zero-order valence-corrected chi connectivity index (χ0v) is 7.15. The minimum absolute atomic E-state index is 0.173. The van der Waals surface area contributed by atoms with Crippen LogP contribution in [0.3, 0.4) is 0 Å². The molecule has 1 unspecified atom stereocenters. The highest BCUT2D eigenvalue weighted by Gasteiger charge is 2.22. The van der Waals surface area contributed by atoms with Crippen molar-refractivity contribution in [3.63, 3.8) is 0 Å². The maximum Gasteiger partial charge on any atom is 0.330 e. The number of carboxylic acid groups (broad SMARTS) is 1. The fourth-order valence-corrected chi connectivity index (χ4v) is 0.887. The van der Waals surface area contributed by atoms with E-state index in [4.69, 9.17) is 9.84 Å². The Balaban J connectivity index is 2.69. The van der Waals surface area contributed by atoms with E-state index in [0.29, 0.717) is 12.4 Å². The average Bonchev–Trinajstić information content (AvgIpc) is 2.04. The number of hydrogen-bond donors (Lipinski definition) is 1. The molecule has 0 bridgehead atoms. The molecule has 0 saturated carbocycles. The second-order valence-electron chi connectivity index (χ2n) is 2.81. The van der Waals surface area contributed by atoms with Crippen LogP contribution in [0.2, 0.25) is 0 Å². The summed E-state index contributed by atoms with van der Waals surface area (Å²) in [6.07, 6.45) is 0. The van der Waals surface area contributed by atoms with E-state index in [1.54, 1.807) is 4.90 Å². The second-order valence-corrected chi connectivity index (χ2v) is 2.81. The molecule has 68 valence electrons. The van der Waals surface area contributed by atoms with Gasteiger partial charge >= 0.3 is 5.97 Å². The molecule has 1 aliphatic heterocycles. The average molecular weight is 172 g/mol. The highest BCUT2D eigenvalue weighted by Crippen LogP contribution is 2.02. The highest BCUT2D eigenvalue weighted by molar-refractivity contribution is 5.87. The van der Waals surface area contributed by atoms with Gasteiger partial charge in [-0.2, -0.15) is 0 Å². The molecule has 1 aliphatic rings. The molecule has 0 amide bonds. The molecule has 0 spiro atoms. The van der Waals surface area contributed by atoms with Gasteiger partial charge in [0.2, 0.25) is 0 Å². The third-order valence-electron chi connectivity index (χ3n) is 1.61. The molecule has 1 N–H and O–H groups in total. The number of hydrogen-bond acceptors (Lipinski definition) is 4. The van der Waals surface area contributed by atoms with Crippen LogP contribution >= 0.6 is 0 Å². The number of nitrogens with zero attached hydrogens (tertiary/aromatic N) is 2. The number of amidine groups is 1. The van der Waals surface area contributed by atoms with E-state index in [1.165, 1.54) is 0 Å². The first-order valence-corrected chi connectivity index (χ1v) is 3.66. The molecule has 0 radical (unpaired) electrons. The van der Waals surface area contributed by atoms with Gasteiger partial charge in [0.1, 0.15) is 12.4 Å². The Kier molecular flexibility index (Phi) is 2.65. The molecular weight excluding hydrogens is 160 g/mol. The number of ether oxygens (including phenoxy) is 1. The predicted octanol–water partition coefficient (Wildman–Crippen LogP) is -0.570. The van der Waals surface area contributed by atoms with Gasteiger partial charge in [0.15, 0.2) is 6.04 Å². The van der Waals surface area contributed by atoms with Gasteiger partial charge in [-0.25, -0.2) is 4.79 Å². The van der Waals surface area contributed by atoms with Gasteiger partial charge in [0.05, 0.1) is 6.61 Å². The van der Waals surface area contributed by atoms with Crippen molar-refractivity contribution in [2.75, 3.05) is 27.3 Å². The van der Waals surface area contributed by atoms with E-state index in [9.17, 15) is 4.79 Å². The lowest BCUT2D eigenvalue weighted by molar-refractivity contribution is -0.140. The Labute approximate surface area is 70.6 Å². The summed E-state index contributed by atoms with van der Waals surface area (Å²) < 4.78 is 5.06. The zero-order valence-electron chi connectivity index (χ0n) is 7.15. The Bertz CT molecular complexity index is 213. The minimum Gasteiger partial charge on any atom is -0.480 e. The topological polar surface area (TPSA) is 62.1 Å². The molecule has 12 heavy (non-hydrogen) atoms. The van der Waals surface area contributed by atoms with Crippen molar-refractivity contribution < 1.29 is 14.6 Å². The van der Waals surface area contributed by atoms with Crippen molar-refractivity contribution >= 4 is 11.8 Å². The third-order valence-corrected chi connectivity index (χ3v) is 1.61. The number of carboxylic acids is 1. The van der Waals surface area contributed by atoms with Crippen molar-refractivity contribution in [3.05, 3.63) is 0 Å². The van der Waals surface area contributed by atoms with E-state index in [0.717, 1.165) is 0 Å². The van der Waals surface area contributed by atoms with Gasteiger partial charge in [-0.3, -0.25) is 4.99 Å². The number of carbonyl (C=O) groups is 1. The largest absolute Gasteiger partial charge is 0.480 e. The van der Waals surface area contributed by atoms with Crippen LogP contribution in [0.5, 0.6) is 0 Å². The minimum atomic E-state index is -0.936. The van der Waals surface area contributed by atoms with Gasteiger partial charge in [-0.1, -0.05) is 0 Å². The maximum absolute atomic E-state index is 10.5. The van der Waals surface area contributed by atoms with Crippen LogP contribution < -0.4 is 0 Å². The van der Waals surface area contributed by atoms with Gasteiger partial charge in [0.25, 0.3) is 0 Å². The first kappa shape index (κ1) is 8.99. The summed E-state index contributed by atoms with van der Waals surface area (Å²) in [7, 11) is 3.62. The first-order valence-electron chi connectivity index (χ1n) is 3.66. The highest BCUT2D eigenvalue weighted by atomic mass is 16.5. The lowest BCUT2D eigenvalue weighted by atomic mass is 10.3. The van der Waals surface area contributed by atoms with Crippen LogP contribution in [0.25, 0.3) is 0 Å². The molecule has 0 aromatic rings. The predicted molar refractivity (Wildman–Crippen MR) is 43.4 cm³/mol. The number of aliphatic imine (C=N–C) groups is 1. The summed E-state index contributed by atoms with van der Waals surface area (Å²) in [4.78, 5) is 16.3. The van der Waals surface area contributed by atoms with E-state index in [2.05, 4.69) is 4.99 Å². The van der Waals surface area contributed by atoms with Crippen LogP contribution in [0.15, 0.2) is 4.99 Å². The molecule has 0 saturated heterocycles. The van der Waals surface area contributed by atoms with Crippen LogP contribution in [-0.2, 0) is 9.53 Å². The van der Waals surface area contributed by atoms with Crippen molar-refractivity contribution in [2.24, 2.45) is 4.99 Å². The van der Waals surface area contributed by atoms with Gasteiger partial charge in [-0.05, 0) is 0 Å². The molecule has 1 heterocycles. The third kappa shape index (κ3) is 1.94. The Morgan fingerprint density at radius 2 is 2.42 bits per heavy atom. The normalized spacial score (nSPS) is 23.2. The fourth-order valence-electron chi connectivity index (χ4n) is 0.887. The van der Waals surface area contributed by atoms with Gasteiger partial charge in [0, 0.05) is 14.1 Å². The lowest BCUT2D eigenvalue weighted by Gasteiger charge is -2.22. The smallest absolute Gasteiger partial charge is 0.330 e. The van der Waals surface area contributed by atoms with E-state index in [1.807, 2.05) is 14.1 Å². The molecular formula is C7H12N2O3. The molecule has 0 aromatic heterocycles. The zero-order chi connectivity index (χ0) is 9.14. The van der Waals surface area contributed by atoms with Crippen LogP contribution in [0, 0.1) is 0 Å². The van der Waals surface area contributed by atoms with E-state index in [-0.39, 0.29) is 6.61 Å². The summed E-state index contributed by atoms with van der Waals surface area (Å²) in [5.41, 5.74) is 0. The van der Waals surface area contributed by atoms with Crippen LogP contribution in [0.4, 0.5) is 0 Å². The summed E-state index contributed by atoms with van der Waals surface area (Å²) in [5.74, 6) is -0.261. The first-order chi connectivity index (χ1) is 5.61. The molecule has 5 heteroatoms. The summed E-state index contributed by atoms with van der Waals surface area (Å²) >= 11 is 0. The molecule has 0 fully saturated rings. The molecule has 5 nitrogen and oxygen atoms in total. The van der Waals surface area contributed by atoms with E-state index >= 15 is 0 Å². The molecule has 1 atom stereocenters. The van der Waals surface area contributed by atoms with Crippen molar-refractivity contribution in [1.82, 2.24) is 4.90 Å². The number of likely N-dealkylation sites (N-methyl/N-ethyl adjacent to an activating group) is 1. The monoisotopic (exact) mass is 172 g/mol. The molecule has 1 rings (SSSR count). The second kappa shape index (κ2) is 3.53. The SMILES string of the molecule is CN(C)C1=NC(C(=O)O)COC1. The van der Waals surface area contributed by atoms with Crippen LogP contribution in [0.1, 0.15) is 0 Å². The quantitative estimate of drug-likeness (QED) is 0.575. The summed E-state index contributed by atoms with van der Waals surface area (Å²) in [6.45, 7) is 0.573. The fraction of sp³-hybridized carbons (Fsp3) is 0.714. The van der Waals surface area contributed by atoms with Gasteiger partial charge < -0.3 is 14.7 Å². The van der Waals surface area contributed by atoms with Crippen molar-refractivity contribution in [3.8, 4) is 0 Å². The van der Waals surface area contributed by atoms with E-state index < -0.39 is 12.0 Å². The number of rotatable bonds is 1. The Morgan fingerprint density at radius 1 is 1.75 bits per heavy atom. The maximum atomic E-state index is 10.5.